The predicted molar refractivity (Wildman–Crippen MR) is 46.5 cm³/mol. The highest BCUT2D eigenvalue weighted by molar-refractivity contribution is 5.41. The quantitative estimate of drug-likeness (QED) is 0.691. The van der Waals surface area contributed by atoms with Gasteiger partial charge in [0.25, 0.3) is 0 Å². The van der Waals surface area contributed by atoms with Crippen LogP contribution in [0.15, 0.2) is 18.2 Å². The lowest BCUT2D eigenvalue weighted by atomic mass is 10.2. The average Bonchev–Trinajstić information content (AvgIpc) is 2.13. The fraction of sp³-hybridized carbons (Fsp3) is 0.222. The minimum Gasteiger partial charge on any atom is -0.504 e. The van der Waals surface area contributed by atoms with Crippen molar-refractivity contribution in [3.8, 4) is 11.5 Å². The van der Waals surface area contributed by atoms with Gasteiger partial charge < -0.3 is 14.6 Å². The summed E-state index contributed by atoms with van der Waals surface area (Å²) in [5.74, 6) is 0.716. The molecular weight excluding hydrogens is 156 g/mol. The lowest BCUT2D eigenvalue weighted by Gasteiger charge is -2.02. The first-order valence-electron chi connectivity index (χ1n) is 3.36. The maximum absolute atomic E-state index is 9.11. The van der Waals surface area contributed by atoms with Crippen molar-refractivity contribution in [1.82, 2.24) is 0 Å². The highest BCUT2D eigenvalue weighted by atomic mass is 16.5. The highest BCUT2D eigenvalue weighted by Gasteiger charge is 1.97. The van der Waals surface area contributed by atoms with Gasteiger partial charge in [-0.3, -0.25) is 0 Å². The Kier molecular flexibility index (Phi) is 4.53. The van der Waals surface area contributed by atoms with E-state index in [1.165, 1.54) is 7.11 Å². The Morgan fingerprint density at radius 2 is 2.00 bits per heavy atom. The number of hydrogen-bond donors (Lipinski definition) is 1. The Morgan fingerprint density at radius 3 is 2.42 bits per heavy atom. The number of aromatic hydroxyl groups is 1. The third kappa shape index (κ3) is 2.62. The van der Waals surface area contributed by atoms with Crippen molar-refractivity contribution in [3.63, 3.8) is 0 Å². The standard InChI is InChI=1S/C8H10O2.CH2O/c1-6-3-4-7(9)8(5-6)10-2;1-2/h3-5,9H,1-2H3;1H2. The Bertz CT molecular complexity index is 246. The largest absolute Gasteiger partial charge is 0.504 e. The maximum Gasteiger partial charge on any atom is 0.160 e. The van der Waals surface area contributed by atoms with Crippen LogP contribution in [0.2, 0.25) is 0 Å². The summed E-state index contributed by atoms with van der Waals surface area (Å²) in [6, 6.07) is 5.24. The molecule has 0 aliphatic carbocycles. The Morgan fingerprint density at radius 1 is 1.42 bits per heavy atom. The molecule has 66 valence electrons. The van der Waals surface area contributed by atoms with Crippen molar-refractivity contribution in [2.24, 2.45) is 0 Å². The number of phenols is 1. The van der Waals surface area contributed by atoms with E-state index in [9.17, 15) is 0 Å². The summed E-state index contributed by atoms with van der Waals surface area (Å²) in [7, 11) is 1.54. The fourth-order valence-corrected chi connectivity index (χ4v) is 0.785. The van der Waals surface area contributed by atoms with E-state index < -0.39 is 0 Å². The summed E-state index contributed by atoms with van der Waals surface area (Å²) in [6.45, 7) is 3.95. The molecule has 12 heavy (non-hydrogen) atoms. The molecule has 0 fully saturated rings. The molecule has 0 spiro atoms. The molecular formula is C9H12O3. The first-order valence-corrected chi connectivity index (χ1v) is 3.36. The van der Waals surface area contributed by atoms with Crippen molar-refractivity contribution in [3.05, 3.63) is 23.8 Å². The van der Waals surface area contributed by atoms with E-state index in [0.717, 1.165) is 5.56 Å². The molecule has 0 atom stereocenters. The first kappa shape index (κ1) is 10.5. The van der Waals surface area contributed by atoms with Gasteiger partial charge in [0.2, 0.25) is 0 Å². The van der Waals surface area contributed by atoms with Crippen LogP contribution in [0.1, 0.15) is 5.56 Å². The van der Waals surface area contributed by atoms with Gasteiger partial charge in [-0.25, -0.2) is 0 Å². The summed E-state index contributed by atoms with van der Waals surface area (Å²) < 4.78 is 4.88. The summed E-state index contributed by atoms with van der Waals surface area (Å²) in [4.78, 5) is 8.00. The summed E-state index contributed by atoms with van der Waals surface area (Å²) in [6.07, 6.45) is 0. The highest BCUT2D eigenvalue weighted by Crippen LogP contribution is 2.25. The molecule has 3 heteroatoms. The maximum atomic E-state index is 9.11. The molecule has 0 aromatic heterocycles. The summed E-state index contributed by atoms with van der Waals surface area (Å²) in [5.41, 5.74) is 1.08. The van der Waals surface area contributed by atoms with E-state index in [2.05, 4.69) is 0 Å². The van der Waals surface area contributed by atoms with Crippen LogP contribution in [0.25, 0.3) is 0 Å². The van der Waals surface area contributed by atoms with Crippen molar-refractivity contribution < 1.29 is 14.6 Å². The number of carbonyl (C=O) groups is 1. The molecule has 0 unspecified atom stereocenters. The number of rotatable bonds is 1. The van der Waals surface area contributed by atoms with Crippen LogP contribution >= 0.6 is 0 Å². The molecule has 1 aromatic rings. The Hall–Kier alpha value is -1.51. The number of aryl methyl sites for hydroxylation is 1. The van der Waals surface area contributed by atoms with Gasteiger partial charge in [-0.1, -0.05) is 6.07 Å². The van der Waals surface area contributed by atoms with Crippen molar-refractivity contribution >= 4 is 6.79 Å². The molecule has 1 N–H and O–H groups in total. The van der Waals surface area contributed by atoms with Crippen molar-refractivity contribution in [1.29, 1.82) is 0 Å². The molecule has 0 saturated heterocycles. The second-order valence-corrected chi connectivity index (χ2v) is 2.18. The number of benzene rings is 1. The molecule has 0 radical (unpaired) electrons. The minimum atomic E-state index is 0.188. The third-order valence-electron chi connectivity index (χ3n) is 1.34. The van der Waals surface area contributed by atoms with Gasteiger partial charge in [0.1, 0.15) is 6.79 Å². The summed E-state index contributed by atoms with van der Waals surface area (Å²) >= 11 is 0. The topological polar surface area (TPSA) is 46.5 Å². The van der Waals surface area contributed by atoms with E-state index in [1.54, 1.807) is 12.1 Å². The zero-order chi connectivity index (χ0) is 9.56. The van der Waals surface area contributed by atoms with Crippen LogP contribution < -0.4 is 4.74 Å². The van der Waals surface area contributed by atoms with E-state index in [1.807, 2.05) is 19.8 Å². The lowest BCUT2D eigenvalue weighted by molar-refractivity contribution is -0.0979. The van der Waals surface area contributed by atoms with Gasteiger partial charge in [-0.2, -0.15) is 0 Å². The van der Waals surface area contributed by atoms with E-state index in [-0.39, 0.29) is 5.75 Å². The molecule has 0 heterocycles. The van der Waals surface area contributed by atoms with E-state index >= 15 is 0 Å². The van der Waals surface area contributed by atoms with Crippen LogP contribution in [0, 0.1) is 6.92 Å². The van der Waals surface area contributed by atoms with Crippen molar-refractivity contribution in [2.75, 3.05) is 7.11 Å². The van der Waals surface area contributed by atoms with Gasteiger partial charge in [0.15, 0.2) is 11.5 Å². The van der Waals surface area contributed by atoms with Crippen LogP contribution in [0.5, 0.6) is 11.5 Å². The van der Waals surface area contributed by atoms with Gasteiger partial charge in [-0.15, -0.1) is 0 Å². The summed E-state index contributed by atoms with van der Waals surface area (Å²) in [5, 5.41) is 9.11. The van der Waals surface area contributed by atoms with Crippen LogP contribution in [0.4, 0.5) is 0 Å². The normalized spacial score (nSPS) is 8.17. The van der Waals surface area contributed by atoms with Crippen LogP contribution in [0.3, 0.4) is 0 Å². The number of hydrogen-bond acceptors (Lipinski definition) is 3. The molecule has 1 rings (SSSR count). The first-order chi connectivity index (χ1) is 5.74. The second kappa shape index (κ2) is 5.18. The molecule has 0 aliphatic rings. The predicted octanol–water partition coefficient (Wildman–Crippen LogP) is 1.52. The molecule has 0 bridgehead atoms. The fourth-order valence-electron chi connectivity index (χ4n) is 0.785. The van der Waals surface area contributed by atoms with Crippen molar-refractivity contribution in [2.45, 2.75) is 6.92 Å². The van der Waals surface area contributed by atoms with Gasteiger partial charge in [0, 0.05) is 0 Å². The Balaban J connectivity index is 0.000000561. The van der Waals surface area contributed by atoms with Crippen LogP contribution in [-0.2, 0) is 4.79 Å². The van der Waals surface area contributed by atoms with Gasteiger partial charge in [-0.05, 0) is 24.6 Å². The van der Waals surface area contributed by atoms with E-state index in [0.29, 0.717) is 5.75 Å². The average molecular weight is 168 g/mol. The number of carbonyl (C=O) groups excluding carboxylic acids is 1. The molecule has 0 saturated carbocycles. The van der Waals surface area contributed by atoms with Gasteiger partial charge >= 0.3 is 0 Å². The van der Waals surface area contributed by atoms with Gasteiger partial charge in [0.05, 0.1) is 7.11 Å². The number of ether oxygens (including phenoxy) is 1. The third-order valence-corrected chi connectivity index (χ3v) is 1.34. The minimum absolute atomic E-state index is 0.188. The smallest absolute Gasteiger partial charge is 0.160 e. The number of methoxy groups -OCH3 is 1. The Labute approximate surface area is 71.6 Å². The lowest BCUT2D eigenvalue weighted by Crippen LogP contribution is -1.83. The molecule has 0 aliphatic heterocycles. The van der Waals surface area contributed by atoms with E-state index in [4.69, 9.17) is 14.6 Å². The molecule has 0 amide bonds. The zero-order valence-electron chi connectivity index (χ0n) is 7.20. The molecule has 1 aromatic carbocycles. The molecule has 3 nitrogen and oxygen atoms in total. The van der Waals surface area contributed by atoms with Crippen LogP contribution in [-0.4, -0.2) is 19.0 Å². The SMILES string of the molecule is C=O.COc1cc(C)ccc1O. The number of phenolic OH excluding ortho intramolecular Hbond substituents is 1. The second-order valence-electron chi connectivity index (χ2n) is 2.18. The monoisotopic (exact) mass is 168 g/mol. The zero-order valence-corrected chi connectivity index (χ0v) is 7.20.